The number of hydrogen-bond donors (Lipinski definition) is 2. The van der Waals surface area contributed by atoms with Crippen LogP contribution >= 0.6 is 0 Å². The summed E-state index contributed by atoms with van der Waals surface area (Å²) in [5, 5.41) is 6.99. The van der Waals surface area contributed by atoms with Gasteiger partial charge in [-0.1, -0.05) is 18.7 Å². The van der Waals surface area contributed by atoms with Crippen molar-refractivity contribution >= 4 is 11.0 Å². The molecule has 5 nitrogen and oxygen atoms in total. The van der Waals surface area contributed by atoms with Crippen LogP contribution in [0.5, 0.6) is 5.88 Å². The van der Waals surface area contributed by atoms with Gasteiger partial charge in [-0.2, -0.15) is 0 Å². The molecule has 2 heterocycles. The molecule has 3 aromatic rings. The van der Waals surface area contributed by atoms with Crippen LogP contribution in [-0.2, 0) is 0 Å². The number of hydrogen-bond acceptors (Lipinski definition) is 3. The Morgan fingerprint density at radius 1 is 1.37 bits per heavy atom. The Morgan fingerprint density at radius 2 is 2.21 bits per heavy atom. The number of imidazole rings is 1. The maximum atomic E-state index is 5.46. The summed E-state index contributed by atoms with van der Waals surface area (Å²) in [6.07, 6.45) is 0. The predicted molar refractivity (Wildman–Crippen MR) is 74.0 cm³/mol. The number of aromatic amines is 2. The third kappa shape index (κ3) is 2.35. The fourth-order valence-corrected chi connectivity index (χ4v) is 1.78. The Hall–Kier alpha value is -2.56. The van der Waals surface area contributed by atoms with E-state index >= 15 is 0 Å². The molecule has 96 valence electrons. The van der Waals surface area contributed by atoms with E-state index in [0.29, 0.717) is 12.5 Å². The zero-order valence-electron chi connectivity index (χ0n) is 10.6. The number of benzene rings is 1. The van der Waals surface area contributed by atoms with Crippen LogP contribution in [0.3, 0.4) is 0 Å². The van der Waals surface area contributed by atoms with E-state index in [1.165, 1.54) is 0 Å². The van der Waals surface area contributed by atoms with Crippen LogP contribution in [0, 0.1) is 0 Å². The van der Waals surface area contributed by atoms with E-state index in [1.807, 2.05) is 37.3 Å². The number of nitrogens with one attached hydrogen (secondary N) is 2. The molecule has 0 fully saturated rings. The number of aromatic nitrogens is 4. The first kappa shape index (κ1) is 11.5. The molecule has 5 heteroatoms. The monoisotopic (exact) mass is 254 g/mol. The Labute approximate surface area is 110 Å². The lowest BCUT2D eigenvalue weighted by atomic mass is 10.3. The van der Waals surface area contributed by atoms with E-state index in [4.69, 9.17) is 4.74 Å². The van der Waals surface area contributed by atoms with Crippen molar-refractivity contribution in [1.82, 2.24) is 20.2 Å². The van der Waals surface area contributed by atoms with Gasteiger partial charge in [0.05, 0.1) is 11.0 Å². The molecule has 0 saturated carbocycles. The molecular weight excluding hydrogens is 240 g/mol. The topological polar surface area (TPSA) is 66.6 Å². The van der Waals surface area contributed by atoms with Crippen LogP contribution in [0.15, 0.2) is 42.5 Å². The van der Waals surface area contributed by atoms with E-state index in [9.17, 15) is 0 Å². The first-order valence-corrected chi connectivity index (χ1v) is 6.00. The van der Waals surface area contributed by atoms with Crippen LogP contribution in [0.25, 0.3) is 22.6 Å². The highest BCUT2D eigenvalue weighted by atomic mass is 16.5. The van der Waals surface area contributed by atoms with Gasteiger partial charge in [-0.25, -0.2) is 4.98 Å². The molecule has 3 rings (SSSR count). The summed E-state index contributed by atoms with van der Waals surface area (Å²) in [6.45, 7) is 6.15. The lowest BCUT2D eigenvalue weighted by Gasteiger charge is -1.99. The minimum absolute atomic E-state index is 0.463. The lowest BCUT2D eigenvalue weighted by molar-refractivity contribution is 0.338. The average Bonchev–Trinajstić information content (AvgIpc) is 3.02. The van der Waals surface area contributed by atoms with Gasteiger partial charge >= 0.3 is 0 Å². The molecule has 0 unspecified atom stereocenters. The molecule has 0 amide bonds. The van der Waals surface area contributed by atoms with Crippen molar-refractivity contribution in [3.63, 3.8) is 0 Å². The quantitative estimate of drug-likeness (QED) is 0.703. The number of H-pyrrole nitrogens is 2. The summed E-state index contributed by atoms with van der Waals surface area (Å²) in [5.41, 5.74) is 3.68. The third-order valence-electron chi connectivity index (χ3n) is 2.67. The molecule has 0 radical (unpaired) electrons. The molecular formula is C14H14N4O. The second-order valence-corrected chi connectivity index (χ2v) is 4.47. The number of fused-ring (bicyclic) bond motifs is 1. The Bertz CT molecular complexity index is 693. The van der Waals surface area contributed by atoms with E-state index in [0.717, 1.165) is 28.1 Å². The summed E-state index contributed by atoms with van der Waals surface area (Å²) in [7, 11) is 0. The molecule has 0 bridgehead atoms. The van der Waals surface area contributed by atoms with Crippen molar-refractivity contribution in [2.45, 2.75) is 6.92 Å². The summed E-state index contributed by atoms with van der Waals surface area (Å²) < 4.78 is 5.46. The average molecular weight is 254 g/mol. The number of rotatable bonds is 4. The maximum Gasteiger partial charge on any atom is 0.233 e. The summed E-state index contributed by atoms with van der Waals surface area (Å²) in [6, 6.07) is 9.70. The van der Waals surface area contributed by atoms with Crippen molar-refractivity contribution in [3.05, 3.63) is 42.5 Å². The van der Waals surface area contributed by atoms with Gasteiger partial charge in [0.2, 0.25) is 5.88 Å². The maximum absolute atomic E-state index is 5.46. The number of nitrogens with zero attached hydrogens (tertiary/aromatic N) is 2. The van der Waals surface area contributed by atoms with Gasteiger partial charge in [0.25, 0.3) is 0 Å². The van der Waals surface area contributed by atoms with Crippen molar-refractivity contribution in [2.24, 2.45) is 0 Å². The first-order valence-electron chi connectivity index (χ1n) is 6.00. The van der Waals surface area contributed by atoms with Crippen molar-refractivity contribution in [2.75, 3.05) is 6.61 Å². The Kier molecular flexibility index (Phi) is 2.79. The van der Waals surface area contributed by atoms with E-state index in [-0.39, 0.29) is 0 Å². The van der Waals surface area contributed by atoms with E-state index in [1.54, 1.807) is 0 Å². The second kappa shape index (κ2) is 4.61. The van der Waals surface area contributed by atoms with Crippen LogP contribution < -0.4 is 4.74 Å². The molecule has 19 heavy (non-hydrogen) atoms. The molecule has 0 atom stereocenters. The zero-order valence-corrected chi connectivity index (χ0v) is 10.6. The van der Waals surface area contributed by atoms with Gasteiger partial charge in [-0.15, -0.1) is 5.10 Å². The van der Waals surface area contributed by atoms with Crippen LogP contribution in [-0.4, -0.2) is 26.8 Å². The normalized spacial score (nSPS) is 10.8. The summed E-state index contributed by atoms with van der Waals surface area (Å²) in [5.74, 6) is 1.29. The van der Waals surface area contributed by atoms with Crippen molar-refractivity contribution in [1.29, 1.82) is 0 Å². The van der Waals surface area contributed by atoms with Gasteiger partial charge in [0.15, 0.2) is 5.82 Å². The van der Waals surface area contributed by atoms with E-state index in [2.05, 4.69) is 26.7 Å². The summed E-state index contributed by atoms with van der Waals surface area (Å²) >= 11 is 0. The number of ether oxygens (including phenoxy) is 1. The van der Waals surface area contributed by atoms with Gasteiger partial charge < -0.3 is 9.72 Å². The largest absolute Gasteiger partial charge is 0.472 e. The van der Waals surface area contributed by atoms with Crippen molar-refractivity contribution in [3.8, 4) is 17.4 Å². The molecule has 2 aromatic heterocycles. The highest BCUT2D eigenvalue weighted by Gasteiger charge is 2.09. The fourth-order valence-electron chi connectivity index (χ4n) is 1.78. The molecule has 0 spiro atoms. The second-order valence-electron chi connectivity index (χ2n) is 4.47. The predicted octanol–water partition coefficient (Wildman–Crippen LogP) is 2.91. The smallest absolute Gasteiger partial charge is 0.233 e. The van der Waals surface area contributed by atoms with Gasteiger partial charge in [0, 0.05) is 6.07 Å². The third-order valence-corrected chi connectivity index (χ3v) is 2.67. The standard InChI is InChI=1S/C14H14N4O/c1-9(2)8-19-13-7-12(17-18-13)14-15-10-5-3-4-6-11(10)16-14/h3-7H,1,8H2,2H3,(H,15,16)(H,17,18). The van der Waals surface area contributed by atoms with Gasteiger partial charge in [-0.3, -0.25) is 5.10 Å². The number of para-hydroxylation sites is 2. The lowest BCUT2D eigenvalue weighted by Crippen LogP contribution is -1.97. The fraction of sp³-hybridized carbons (Fsp3) is 0.143. The minimum atomic E-state index is 0.463. The molecule has 0 aliphatic rings. The molecule has 0 saturated heterocycles. The first-order chi connectivity index (χ1) is 9.22. The van der Waals surface area contributed by atoms with Crippen LogP contribution in [0.1, 0.15) is 6.92 Å². The van der Waals surface area contributed by atoms with E-state index < -0.39 is 0 Å². The van der Waals surface area contributed by atoms with Crippen LogP contribution in [0.4, 0.5) is 0 Å². The SMILES string of the molecule is C=C(C)COc1cc(-c2nc3ccccc3[nH]2)[nH]n1. The zero-order chi connectivity index (χ0) is 13.2. The molecule has 1 aromatic carbocycles. The van der Waals surface area contributed by atoms with Crippen molar-refractivity contribution < 1.29 is 4.74 Å². The molecule has 2 N–H and O–H groups in total. The highest BCUT2D eigenvalue weighted by Crippen LogP contribution is 2.21. The van der Waals surface area contributed by atoms with Gasteiger partial charge in [-0.05, 0) is 24.6 Å². The minimum Gasteiger partial charge on any atom is -0.472 e. The molecule has 0 aliphatic carbocycles. The van der Waals surface area contributed by atoms with Crippen LogP contribution in [0.2, 0.25) is 0 Å². The van der Waals surface area contributed by atoms with Gasteiger partial charge in [0.1, 0.15) is 12.3 Å². The Morgan fingerprint density at radius 3 is 3.00 bits per heavy atom. The summed E-state index contributed by atoms with van der Waals surface area (Å²) in [4.78, 5) is 7.73. The Balaban J connectivity index is 1.87. The molecule has 0 aliphatic heterocycles. The highest BCUT2D eigenvalue weighted by molar-refractivity contribution is 5.78.